The summed E-state index contributed by atoms with van der Waals surface area (Å²) in [6, 6.07) is 0. The van der Waals surface area contributed by atoms with Gasteiger partial charge in [-0.05, 0) is 20.3 Å². The number of hydrogen-bond acceptors (Lipinski definition) is 4. The van der Waals surface area contributed by atoms with Gasteiger partial charge in [-0.15, -0.1) is 0 Å². The number of carboxylic acid groups (broad SMARTS) is 1. The molecule has 0 aliphatic rings. The Bertz CT molecular complexity index is 390. The highest BCUT2D eigenvalue weighted by Crippen LogP contribution is 2.22. The van der Waals surface area contributed by atoms with E-state index in [9.17, 15) is 9.59 Å². The number of esters is 1. The average molecular weight is 357 g/mol. The lowest BCUT2D eigenvalue weighted by Gasteiger charge is -2.18. The van der Waals surface area contributed by atoms with Crippen molar-refractivity contribution in [2.45, 2.75) is 97.5 Å². The monoisotopic (exact) mass is 356 g/mol. The molecule has 0 amide bonds. The van der Waals surface area contributed by atoms with Crippen LogP contribution in [0.1, 0.15) is 91.4 Å². The largest absolute Gasteiger partial charge is 0.511 e. The van der Waals surface area contributed by atoms with E-state index in [0.29, 0.717) is 6.42 Å². The third-order valence-electron chi connectivity index (χ3n) is 4.09. The second-order valence-corrected chi connectivity index (χ2v) is 6.84. The van der Waals surface area contributed by atoms with Crippen LogP contribution in [0.3, 0.4) is 0 Å². The molecule has 0 spiro atoms. The van der Waals surface area contributed by atoms with Crippen molar-refractivity contribution in [3.8, 4) is 0 Å². The molecule has 146 valence electrons. The molecule has 1 N–H and O–H groups in total. The SMILES string of the molecule is C=C(OC(=O)O)C(CCCCCCCCCCCC)C(=O)OC(C)C. The molecule has 1 atom stereocenters. The van der Waals surface area contributed by atoms with Gasteiger partial charge in [0.25, 0.3) is 0 Å². The molecule has 0 bridgehead atoms. The van der Waals surface area contributed by atoms with Gasteiger partial charge in [0.2, 0.25) is 0 Å². The van der Waals surface area contributed by atoms with Crippen LogP contribution in [0.2, 0.25) is 0 Å². The smallest absolute Gasteiger partial charge is 0.462 e. The Morgan fingerprint density at radius 2 is 1.40 bits per heavy atom. The van der Waals surface area contributed by atoms with Gasteiger partial charge in [0.1, 0.15) is 11.7 Å². The Morgan fingerprint density at radius 1 is 0.920 bits per heavy atom. The summed E-state index contributed by atoms with van der Waals surface area (Å²) in [7, 11) is 0. The second-order valence-electron chi connectivity index (χ2n) is 6.84. The number of unbranched alkanes of at least 4 members (excludes halogenated alkanes) is 9. The topological polar surface area (TPSA) is 72.8 Å². The van der Waals surface area contributed by atoms with E-state index in [1.807, 2.05) is 0 Å². The van der Waals surface area contributed by atoms with E-state index in [2.05, 4.69) is 18.2 Å². The summed E-state index contributed by atoms with van der Waals surface area (Å²) in [6.07, 6.45) is 10.8. The normalized spacial score (nSPS) is 12.0. The first-order valence-electron chi connectivity index (χ1n) is 9.68. The lowest BCUT2D eigenvalue weighted by atomic mass is 9.98. The van der Waals surface area contributed by atoms with Crippen LogP contribution < -0.4 is 0 Å². The Morgan fingerprint density at radius 3 is 1.84 bits per heavy atom. The van der Waals surface area contributed by atoms with Crippen LogP contribution in [0.15, 0.2) is 12.3 Å². The summed E-state index contributed by atoms with van der Waals surface area (Å²) in [4.78, 5) is 22.8. The average Bonchev–Trinajstić information content (AvgIpc) is 2.51. The molecule has 5 nitrogen and oxygen atoms in total. The van der Waals surface area contributed by atoms with E-state index in [0.717, 1.165) is 19.3 Å². The Kier molecular flexibility index (Phi) is 13.9. The summed E-state index contributed by atoms with van der Waals surface area (Å²) >= 11 is 0. The maximum Gasteiger partial charge on any atom is 0.511 e. The summed E-state index contributed by atoms with van der Waals surface area (Å²) in [5.74, 6) is -1.22. The summed E-state index contributed by atoms with van der Waals surface area (Å²) < 4.78 is 9.76. The van der Waals surface area contributed by atoms with Crippen LogP contribution in [0.4, 0.5) is 4.79 Å². The van der Waals surface area contributed by atoms with Crippen LogP contribution in [0, 0.1) is 5.92 Å². The number of carbonyl (C=O) groups is 2. The van der Waals surface area contributed by atoms with E-state index in [1.165, 1.54) is 44.9 Å². The minimum absolute atomic E-state index is 0.0472. The molecular formula is C20H36O5. The Labute approximate surface area is 152 Å². The second kappa shape index (κ2) is 14.8. The third kappa shape index (κ3) is 13.4. The molecule has 0 aromatic carbocycles. The Hall–Kier alpha value is -1.52. The lowest BCUT2D eigenvalue weighted by Crippen LogP contribution is -2.24. The van der Waals surface area contributed by atoms with Crippen LogP contribution in [-0.4, -0.2) is 23.3 Å². The fourth-order valence-electron chi connectivity index (χ4n) is 2.74. The molecule has 5 heteroatoms. The van der Waals surface area contributed by atoms with Crippen molar-refractivity contribution < 1.29 is 24.2 Å². The van der Waals surface area contributed by atoms with Crippen LogP contribution in [-0.2, 0) is 14.3 Å². The van der Waals surface area contributed by atoms with Crippen molar-refractivity contribution in [1.29, 1.82) is 0 Å². The number of hydrogen-bond donors (Lipinski definition) is 1. The first-order valence-corrected chi connectivity index (χ1v) is 9.68. The molecule has 0 aromatic heterocycles. The van der Waals surface area contributed by atoms with Gasteiger partial charge in [-0.25, -0.2) is 4.79 Å². The molecule has 0 aromatic rings. The zero-order chi connectivity index (χ0) is 19.1. The molecular weight excluding hydrogens is 320 g/mol. The van der Waals surface area contributed by atoms with Crippen LogP contribution >= 0.6 is 0 Å². The van der Waals surface area contributed by atoms with Gasteiger partial charge in [-0.2, -0.15) is 0 Å². The number of rotatable bonds is 15. The van der Waals surface area contributed by atoms with Gasteiger partial charge >= 0.3 is 12.1 Å². The summed E-state index contributed by atoms with van der Waals surface area (Å²) in [5, 5.41) is 8.71. The van der Waals surface area contributed by atoms with Crippen molar-refractivity contribution in [2.75, 3.05) is 0 Å². The van der Waals surface area contributed by atoms with E-state index >= 15 is 0 Å². The Balaban J connectivity index is 4.03. The molecule has 0 aliphatic heterocycles. The van der Waals surface area contributed by atoms with E-state index in [-0.39, 0.29) is 11.9 Å². The van der Waals surface area contributed by atoms with Crippen molar-refractivity contribution in [3.63, 3.8) is 0 Å². The molecule has 1 unspecified atom stereocenters. The van der Waals surface area contributed by atoms with Gasteiger partial charge < -0.3 is 14.6 Å². The lowest BCUT2D eigenvalue weighted by molar-refractivity contribution is -0.152. The van der Waals surface area contributed by atoms with Crippen molar-refractivity contribution in [3.05, 3.63) is 12.3 Å². The first-order chi connectivity index (χ1) is 11.9. The van der Waals surface area contributed by atoms with Crippen LogP contribution in [0.25, 0.3) is 0 Å². The number of ether oxygens (including phenoxy) is 2. The van der Waals surface area contributed by atoms with Gasteiger partial charge in [0.15, 0.2) is 0 Å². The predicted molar refractivity (Wildman–Crippen MR) is 99.4 cm³/mol. The highest BCUT2D eigenvalue weighted by Gasteiger charge is 2.26. The maximum absolute atomic E-state index is 12.1. The minimum atomic E-state index is -1.45. The molecule has 25 heavy (non-hydrogen) atoms. The third-order valence-corrected chi connectivity index (χ3v) is 4.09. The van der Waals surface area contributed by atoms with Crippen molar-refractivity contribution >= 4 is 12.1 Å². The predicted octanol–water partition coefficient (Wildman–Crippen LogP) is 6.07. The minimum Gasteiger partial charge on any atom is -0.462 e. The zero-order valence-electron chi connectivity index (χ0n) is 16.2. The van der Waals surface area contributed by atoms with Crippen molar-refractivity contribution in [1.82, 2.24) is 0 Å². The molecule has 0 saturated heterocycles. The number of carbonyl (C=O) groups excluding carboxylic acids is 1. The van der Waals surface area contributed by atoms with Gasteiger partial charge in [-0.1, -0.05) is 77.7 Å². The molecule has 0 rings (SSSR count). The van der Waals surface area contributed by atoms with Crippen LogP contribution in [0.5, 0.6) is 0 Å². The molecule has 0 radical (unpaired) electrons. The molecule has 0 fully saturated rings. The fraction of sp³-hybridized carbons (Fsp3) is 0.800. The van der Waals surface area contributed by atoms with Gasteiger partial charge in [-0.3, -0.25) is 4.79 Å². The zero-order valence-corrected chi connectivity index (χ0v) is 16.2. The van der Waals surface area contributed by atoms with E-state index < -0.39 is 18.0 Å². The highest BCUT2D eigenvalue weighted by atomic mass is 16.7. The summed E-state index contributed by atoms with van der Waals surface area (Å²) in [6.45, 7) is 9.33. The molecule has 0 heterocycles. The molecule has 0 saturated carbocycles. The summed E-state index contributed by atoms with van der Waals surface area (Å²) in [5.41, 5.74) is 0. The van der Waals surface area contributed by atoms with Gasteiger partial charge in [0, 0.05) is 0 Å². The first kappa shape index (κ1) is 23.5. The fourth-order valence-corrected chi connectivity index (χ4v) is 2.74. The molecule has 0 aliphatic carbocycles. The van der Waals surface area contributed by atoms with Gasteiger partial charge in [0.05, 0.1) is 6.10 Å². The highest BCUT2D eigenvalue weighted by molar-refractivity contribution is 5.76. The van der Waals surface area contributed by atoms with E-state index in [1.54, 1.807) is 13.8 Å². The van der Waals surface area contributed by atoms with E-state index in [4.69, 9.17) is 9.84 Å². The maximum atomic E-state index is 12.1. The standard InChI is InChI=1S/C20H36O5/c1-5-6-7-8-9-10-11-12-13-14-15-18(17(4)25-20(22)23)19(21)24-16(2)3/h16,18H,4-15H2,1-3H3,(H,22,23). The van der Waals surface area contributed by atoms with Crippen molar-refractivity contribution in [2.24, 2.45) is 5.92 Å². The quantitative estimate of drug-likeness (QED) is 0.219.